The molecule has 0 saturated carbocycles. The molecule has 0 spiro atoms. The van der Waals surface area contributed by atoms with E-state index in [2.05, 4.69) is 20.8 Å². The molecule has 0 unspecified atom stereocenters. The fourth-order valence-corrected chi connectivity index (χ4v) is 3.53. The van der Waals surface area contributed by atoms with E-state index in [1.165, 1.54) is 0 Å². The third-order valence-electron chi connectivity index (χ3n) is 4.05. The van der Waals surface area contributed by atoms with Crippen molar-refractivity contribution in [2.45, 2.75) is 11.7 Å². The summed E-state index contributed by atoms with van der Waals surface area (Å²) in [6, 6.07) is 13.7. The summed E-state index contributed by atoms with van der Waals surface area (Å²) in [5.74, 6) is 2.74. The van der Waals surface area contributed by atoms with E-state index in [-0.39, 0.29) is 0 Å². The molecule has 0 atom stereocenters. The number of methoxy groups -OCH3 is 3. The van der Waals surface area contributed by atoms with Gasteiger partial charge in [-0.2, -0.15) is 4.68 Å². The number of ether oxygens (including phenoxy) is 3. The van der Waals surface area contributed by atoms with E-state index < -0.39 is 0 Å². The van der Waals surface area contributed by atoms with Gasteiger partial charge in [0.1, 0.15) is 0 Å². The van der Waals surface area contributed by atoms with E-state index in [4.69, 9.17) is 14.2 Å². The number of thioether (sulfide) groups is 1. The molecule has 28 heavy (non-hydrogen) atoms. The topological polar surface area (TPSA) is 83.3 Å². The number of tetrazole rings is 1. The molecule has 3 rings (SSSR count). The Kier molecular flexibility index (Phi) is 7.10. The fourth-order valence-electron chi connectivity index (χ4n) is 2.74. The standard InChI is InChI=1S/C19H23N5O3S/c1-25-16-10-9-14(17(26-2)18(16)27-3)13-20-11-12-28-19-21-22-23-24(19)15-7-5-4-6-8-15/h4-10,20H,11-13H2,1-3H3. The van der Waals surface area contributed by atoms with Gasteiger partial charge in [0.2, 0.25) is 10.9 Å². The van der Waals surface area contributed by atoms with E-state index >= 15 is 0 Å². The van der Waals surface area contributed by atoms with E-state index in [1.807, 2.05) is 42.5 Å². The van der Waals surface area contributed by atoms with Crippen molar-refractivity contribution in [3.8, 4) is 22.9 Å². The lowest BCUT2D eigenvalue weighted by Crippen LogP contribution is -2.17. The number of benzene rings is 2. The van der Waals surface area contributed by atoms with Crippen molar-refractivity contribution < 1.29 is 14.2 Å². The van der Waals surface area contributed by atoms with Crippen molar-refractivity contribution >= 4 is 11.8 Å². The van der Waals surface area contributed by atoms with Crippen LogP contribution in [0.1, 0.15) is 5.56 Å². The van der Waals surface area contributed by atoms with Gasteiger partial charge >= 0.3 is 0 Å². The lowest BCUT2D eigenvalue weighted by Gasteiger charge is -2.16. The number of para-hydroxylation sites is 1. The van der Waals surface area contributed by atoms with Crippen LogP contribution in [-0.2, 0) is 6.54 Å². The lowest BCUT2D eigenvalue weighted by atomic mass is 10.1. The fraction of sp³-hybridized carbons (Fsp3) is 0.316. The minimum absolute atomic E-state index is 0.598. The first-order chi connectivity index (χ1) is 13.8. The molecule has 8 nitrogen and oxygen atoms in total. The quantitative estimate of drug-likeness (QED) is 0.410. The van der Waals surface area contributed by atoms with Crippen molar-refractivity contribution in [3.05, 3.63) is 48.0 Å². The average Bonchev–Trinajstić information content (AvgIpc) is 3.22. The second-order valence-electron chi connectivity index (χ2n) is 5.73. The smallest absolute Gasteiger partial charge is 0.214 e. The zero-order valence-electron chi connectivity index (χ0n) is 16.1. The van der Waals surface area contributed by atoms with Crippen LogP contribution in [0.5, 0.6) is 17.2 Å². The Balaban J connectivity index is 1.54. The monoisotopic (exact) mass is 401 g/mol. The summed E-state index contributed by atoms with van der Waals surface area (Å²) in [5.41, 5.74) is 1.94. The number of aromatic nitrogens is 4. The Labute approximate surface area is 168 Å². The molecule has 2 aromatic carbocycles. The molecule has 0 aliphatic heterocycles. The highest BCUT2D eigenvalue weighted by Crippen LogP contribution is 2.39. The van der Waals surface area contributed by atoms with Gasteiger partial charge < -0.3 is 19.5 Å². The van der Waals surface area contributed by atoms with Gasteiger partial charge in [-0.15, -0.1) is 5.10 Å². The van der Waals surface area contributed by atoms with E-state index in [9.17, 15) is 0 Å². The van der Waals surface area contributed by atoms with Gasteiger partial charge in [-0.25, -0.2) is 0 Å². The summed E-state index contributed by atoms with van der Waals surface area (Å²) in [4.78, 5) is 0. The molecule has 0 amide bonds. The molecule has 9 heteroatoms. The second-order valence-corrected chi connectivity index (χ2v) is 6.79. The van der Waals surface area contributed by atoms with Gasteiger partial charge in [0, 0.05) is 24.4 Å². The van der Waals surface area contributed by atoms with E-state index in [1.54, 1.807) is 37.8 Å². The normalized spacial score (nSPS) is 10.7. The summed E-state index contributed by atoms with van der Waals surface area (Å²) < 4.78 is 18.0. The van der Waals surface area contributed by atoms with Crippen molar-refractivity contribution in [1.82, 2.24) is 25.5 Å². The first-order valence-corrected chi connectivity index (χ1v) is 9.72. The third-order valence-corrected chi connectivity index (χ3v) is 4.97. The Hall–Kier alpha value is -2.78. The van der Waals surface area contributed by atoms with Crippen LogP contribution in [0.3, 0.4) is 0 Å². The molecule has 0 radical (unpaired) electrons. The third kappa shape index (κ3) is 4.55. The van der Waals surface area contributed by atoms with Crippen molar-refractivity contribution in [2.75, 3.05) is 33.6 Å². The number of rotatable bonds is 10. The molecule has 148 valence electrons. The van der Waals surface area contributed by atoms with Crippen LogP contribution in [0.4, 0.5) is 0 Å². The summed E-state index contributed by atoms with van der Waals surface area (Å²) in [6.45, 7) is 1.43. The van der Waals surface area contributed by atoms with E-state index in [0.717, 1.165) is 28.7 Å². The zero-order chi connectivity index (χ0) is 19.8. The van der Waals surface area contributed by atoms with Crippen molar-refractivity contribution in [1.29, 1.82) is 0 Å². The maximum Gasteiger partial charge on any atom is 0.214 e. The summed E-state index contributed by atoms with van der Waals surface area (Å²) in [7, 11) is 4.83. The molecular weight excluding hydrogens is 378 g/mol. The highest BCUT2D eigenvalue weighted by molar-refractivity contribution is 7.99. The van der Waals surface area contributed by atoms with Crippen LogP contribution in [-0.4, -0.2) is 53.8 Å². The lowest BCUT2D eigenvalue weighted by molar-refractivity contribution is 0.321. The Bertz CT molecular complexity index is 889. The Morgan fingerprint density at radius 3 is 2.46 bits per heavy atom. The number of hydrogen-bond donors (Lipinski definition) is 1. The van der Waals surface area contributed by atoms with Crippen LogP contribution in [0, 0.1) is 0 Å². The molecule has 0 bridgehead atoms. The Morgan fingerprint density at radius 2 is 1.75 bits per heavy atom. The van der Waals surface area contributed by atoms with Crippen molar-refractivity contribution in [2.24, 2.45) is 0 Å². The molecule has 1 N–H and O–H groups in total. The first kappa shape index (κ1) is 20.0. The number of nitrogens with zero attached hydrogens (tertiary/aromatic N) is 4. The van der Waals surface area contributed by atoms with Gasteiger partial charge in [-0.05, 0) is 28.6 Å². The molecule has 0 aliphatic carbocycles. The van der Waals surface area contributed by atoms with Crippen LogP contribution in [0.25, 0.3) is 5.69 Å². The van der Waals surface area contributed by atoms with Crippen LogP contribution < -0.4 is 19.5 Å². The zero-order valence-corrected chi connectivity index (χ0v) is 16.9. The molecule has 1 heterocycles. The summed E-state index contributed by atoms with van der Waals surface area (Å²) in [5, 5.41) is 16.1. The second kappa shape index (κ2) is 9.95. The first-order valence-electron chi connectivity index (χ1n) is 8.73. The minimum atomic E-state index is 0.598. The van der Waals surface area contributed by atoms with Gasteiger partial charge in [0.15, 0.2) is 11.5 Å². The average molecular weight is 401 g/mol. The summed E-state index contributed by atoms with van der Waals surface area (Å²) in [6.07, 6.45) is 0. The summed E-state index contributed by atoms with van der Waals surface area (Å²) >= 11 is 1.60. The largest absolute Gasteiger partial charge is 0.493 e. The van der Waals surface area contributed by atoms with Crippen LogP contribution in [0.15, 0.2) is 47.6 Å². The SMILES string of the molecule is COc1ccc(CNCCSc2nnnn2-c2ccccc2)c(OC)c1OC. The van der Waals surface area contributed by atoms with Gasteiger partial charge in [0.25, 0.3) is 0 Å². The van der Waals surface area contributed by atoms with Gasteiger partial charge in [0.05, 0.1) is 27.0 Å². The highest BCUT2D eigenvalue weighted by Gasteiger charge is 2.15. The van der Waals surface area contributed by atoms with Crippen LogP contribution >= 0.6 is 11.8 Å². The number of nitrogens with one attached hydrogen (secondary N) is 1. The Morgan fingerprint density at radius 1 is 0.964 bits per heavy atom. The van der Waals surface area contributed by atoms with Gasteiger partial charge in [-0.3, -0.25) is 0 Å². The molecule has 0 aliphatic rings. The molecule has 0 saturated heterocycles. The van der Waals surface area contributed by atoms with E-state index in [0.29, 0.717) is 23.8 Å². The highest BCUT2D eigenvalue weighted by atomic mass is 32.2. The molecule has 0 fully saturated rings. The predicted octanol–water partition coefficient (Wildman–Crippen LogP) is 2.57. The minimum Gasteiger partial charge on any atom is -0.493 e. The molecular formula is C19H23N5O3S. The van der Waals surface area contributed by atoms with Gasteiger partial charge in [-0.1, -0.05) is 36.0 Å². The maximum atomic E-state index is 5.51. The van der Waals surface area contributed by atoms with Crippen LogP contribution in [0.2, 0.25) is 0 Å². The maximum absolute atomic E-state index is 5.51. The number of hydrogen-bond acceptors (Lipinski definition) is 8. The molecule has 1 aromatic heterocycles. The predicted molar refractivity (Wildman–Crippen MR) is 108 cm³/mol. The van der Waals surface area contributed by atoms with Crippen molar-refractivity contribution in [3.63, 3.8) is 0 Å². The molecule has 3 aromatic rings.